The first-order valence-corrected chi connectivity index (χ1v) is 13.2. The molecule has 0 saturated carbocycles. The van der Waals surface area contributed by atoms with Gasteiger partial charge in [0.25, 0.3) is 0 Å². The monoisotopic (exact) mass is 393 g/mol. The first kappa shape index (κ1) is 19.7. The van der Waals surface area contributed by atoms with Crippen molar-refractivity contribution in [1.29, 1.82) is 5.26 Å². The van der Waals surface area contributed by atoms with E-state index in [0.717, 1.165) is 6.42 Å². The molecule has 1 unspecified atom stereocenters. The molecule has 2 N–H and O–H groups in total. The van der Waals surface area contributed by atoms with Gasteiger partial charge >= 0.3 is 129 Å². The normalized spacial score (nSPS) is 14.7. The van der Waals surface area contributed by atoms with Crippen molar-refractivity contribution in [3.63, 3.8) is 0 Å². The number of nitriles is 1. The fraction of sp³-hybridized carbons (Fsp3) is 0.857. The van der Waals surface area contributed by atoms with E-state index in [-0.39, 0.29) is 19.8 Å². The van der Waals surface area contributed by atoms with Gasteiger partial charge < -0.3 is 0 Å². The minimum atomic E-state index is -2.02. The van der Waals surface area contributed by atoms with Crippen molar-refractivity contribution in [2.75, 3.05) is 19.8 Å². The summed E-state index contributed by atoms with van der Waals surface area (Å²) in [5.41, 5.74) is -0.813. The number of hydrogen-bond donors (Lipinski definition) is 2. The summed E-state index contributed by atoms with van der Waals surface area (Å²) in [4.78, 5) is 16.4. The van der Waals surface area contributed by atoms with Crippen molar-refractivity contribution in [1.82, 2.24) is 0 Å². The molecule has 0 aromatic rings. The van der Waals surface area contributed by atoms with E-state index in [1.807, 2.05) is 23.6 Å². The molecule has 0 fully saturated rings. The summed E-state index contributed by atoms with van der Waals surface area (Å²) in [5, 5.41) is 28.2. The number of aliphatic hydroxyl groups is 2. The standard InChI is InChI=1S/C12H20NO4.2CH3.Sb/c1-3-5-10(6-13)11(16)17-9-12(4-2,7-14)8-15;;;/h14-15H,3-5,7-9H2,1-2H3;2*1H3;. The second-order valence-corrected chi connectivity index (χ2v) is 12.6. The van der Waals surface area contributed by atoms with E-state index in [9.17, 15) is 20.3 Å². The predicted molar refractivity (Wildman–Crippen MR) is 78.6 cm³/mol. The molecule has 0 aliphatic heterocycles. The van der Waals surface area contributed by atoms with Gasteiger partial charge in [0, 0.05) is 0 Å². The van der Waals surface area contributed by atoms with Crippen LogP contribution in [0, 0.1) is 16.7 Å². The Morgan fingerprint density at radius 3 is 2.15 bits per heavy atom. The van der Waals surface area contributed by atoms with Crippen LogP contribution in [0.4, 0.5) is 0 Å². The van der Waals surface area contributed by atoms with E-state index in [2.05, 4.69) is 6.07 Å². The number of esters is 1. The van der Waals surface area contributed by atoms with Crippen LogP contribution in [-0.4, -0.2) is 56.2 Å². The average Bonchev–Trinajstić information content (AvgIpc) is 2.46. The fourth-order valence-corrected chi connectivity index (χ4v) is 5.59. The van der Waals surface area contributed by atoms with Crippen molar-refractivity contribution < 1.29 is 19.7 Å². The van der Waals surface area contributed by atoms with Crippen LogP contribution < -0.4 is 0 Å². The van der Waals surface area contributed by atoms with Crippen LogP contribution in [0.2, 0.25) is 13.1 Å². The van der Waals surface area contributed by atoms with Crippen LogP contribution in [0.3, 0.4) is 0 Å². The van der Waals surface area contributed by atoms with Crippen LogP contribution in [0.5, 0.6) is 0 Å². The van der Waals surface area contributed by atoms with Crippen LogP contribution in [0.1, 0.15) is 33.1 Å². The van der Waals surface area contributed by atoms with Gasteiger partial charge in [-0.1, -0.05) is 0 Å². The Labute approximate surface area is 128 Å². The molecule has 0 bridgehead atoms. The quantitative estimate of drug-likeness (QED) is 0.459. The zero-order valence-corrected chi connectivity index (χ0v) is 15.4. The van der Waals surface area contributed by atoms with Gasteiger partial charge in [-0.05, 0) is 0 Å². The Morgan fingerprint density at radius 2 is 1.85 bits per heavy atom. The topological polar surface area (TPSA) is 90.6 Å². The van der Waals surface area contributed by atoms with E-state index in [4.69, 9.17) is 4.74 Å². The molecule has 0 aliphatic rings. The molecule has 20 heavy (non-hydrogen) atoms. The molecule has 0 amide bonds. The van der Waals surface area contributed by atoms with Crippen molar-refractivity contribution in [2.24, 2.45) is 5.41 Å². The molecule has 0 spiro atoms. The molecule has 0 rings (SSSR count). The summed E-state index contributed by atoms with van der Waals surface area (Å²) in [5.74, 6) is -0.477. The van der Waals surface area contributed by atoms with Gasteiger partial charge in [0.2, 0.25) is 0 Å². The molecular weight excluding hydrogens is 368 g/mol. The number of rotatable bonds is 9. The summed E-state index contributed by atoms with van der Waals surface area (Å²) in [7, 11) is 0. The molecule has 0 aliphatic carbocycles. The predicted octanol–water partition coefficient (Wildman–Crippen LogP) is 1.73. The Balaban J connectivity index is 5.01. The molecule has 0 aromatic carbocycles. The average molecular weight is 394 g/mol. The maximum atomic E-state index is 12.4. The minimum absolute atomic E-state index is 0.0449. The third-order valence-electron chi connectivity index (χ3n) is 3.83. The van der Waals surface area contributed by atoms with Crippen molar-refractivity contribution in [3.05, 3.63) is 0 Å². The van der Waals surface area contributed by atoms with Gasteiger partial charge in [-0.2, -0.15) is 0 Å². The van der Waals surface area contributed by atoms with Crippen LogP contribution in [-0.2, 0) is 9.53 Å². The van der Waals surface area contributed by atoms with Crippen LogP contribution >= 0.6 is 0 Å². The molecule has 6 heteroatoms. The second-order valence-electron chi connectivity index (χ2n) is 5.36. The Hall–Kier alpha value is -0.302. The van der Waals surface area contributed by atoms with Gasteiger partial charge in [0.05, 0.1) is 0 Å². The van der Waals surface area contributed by atoms with Gasteiger partial charge in [0.15, 0.2) is 0 Å². The Morgan fingerprint density at radius 1 is 1.30 bits per heavy atom. The Bertz CT molecular complexity index is 341. The molecular formula is C14H26NO4Sb. The Kier molecular flexibility index (Phi) is 8.73. The van der Waals surface area contributed by atoms with Gasteiger partial charge in [-0.3, -0.25) is 0 Å². The summed E-state index contributed by atoms with van der Waals surface area (Å²) < 4.78 is 4.34. The maximum absolute atomic E-state index is 12.4. The van der Waals surface area contributed by atoms with Crippen LogP contribution in [0.15, 0.2) is 0 Å². The van der Waals surface area contributed by atoms with Crippen LogP contribution in [0.25, 0.3) is 0 Å². The second kappa shape index (κ2) is 8.87. The summed E-state index contributed by atoms with van der Waals surface area (Å²) in [6.45, 7) is 3.23. The number of aliphatic hydroxyl groups excluding tert-OH is 2. The number of hydrogen-bond acceptors (Lipinski definition) is 5. The zero-order chi connectivity index (χ0) is 15.8. The molecule has 0 saturated heterocycles. The van der Waals surface area contributed by atoms with Gasteiger partial charge in [-0.25, -0.2) is 0 Å². The molecule has 0 aromatic heterocycles. The van der Waals surface area contributed by atoms with Crippen molar-refractivity contribution >= 4 is 26.2 Å². The van der Waals surface area contributed by atoms with Gasteiger partial charge in [0.1, 0.15) is 0 Å². The van der Waals surface area contributed by atoms with E-state index < -0.39 is 35.0 Å². The summed E-state index contributed by atoms with van der Waals surface area (Å²) in [6, 6.07) is 2.19. The SMILES string of the molecule is CCC[C](C#N)(C(=O)OCC(CC)(CO)CO)[Sb]([CH3])[CH3]. The van der Waals surface area contributed by atoms with E-state index in [1.165, 1.54) is 0 Å². The summed E-state index contributed by atoms with van der Waals surface area (Å²) in [6.07, 6.45) is 1.78. The van der Waals surface area contributed by atoms with E-state index in [0.29, 0.717) is 12.8 Å². The molecule has 1 atom stereocenters. The number of carbonyl (C=O) groups is 1. The molecule has 116 valence electrons. The number of carbonyl (C=O) groups excluding carboxylic acids is 1. The number of nitrogens with zero attached hydrogens (tertiary/aromatic N) is 1. The van der Waals surface area contributed by atoms with E-state index >= 15 is 0 Å². The molecule has 5 nitrogen and oxygen atoms in total. The van der Waals surface area contributed by atoms with Gasteiger partial charge in [-0.15, -0.1) is 0 Å². The molecule has 0 radical (unpaired) electrons. The zero-order valence-electron chi connectivity index (χ0n) is 12.8. The summed E-state index contributed by atoms with van der Waals surface area (Å²) >= 11 is -2.02. The fourth-order valence-electron chi connectivity index (χ4n) is 1.88. The van der Waals surface area contributed by atoms with Crippen molar-refractivity contribution in [3.8, 4) is 6.07 Å². The first-order valence-electron chi connectivity index (χ1n) is 6.85. The van der Waals surface area contributed by atoms with Crippen molar-refractivity contribution in [2.45, 2.75) is 46.2 Å². The number of ether oxygens (including phenoxy) is 1. The molecule has 0 heterocycles. The van der Waals surface area contributed by atoms with E-state index in [1.54, 1.807) is 0 Å². The third-order valence-corrected chi connectivity index (χ3v) is 9.63. The first-order chi connectivity index (χ1) is 9.37. The third kappa shape index (κ3) is 4.35.